The lowest BCUT2D eigenvalue weighted by Crippen LogP contribution is -2.14. The van der Waals surface area contributed by atoms with Crippen molar-refractivity contribution < 1.29 is 0 Å². The molecule has 0 aliphatic heterocycles. The van der Waals surface area contributed by atoms with E-state index in [2.05, 4.69) is 294 Å². The molecule has 0 bridgehead atoms. The van der Waals surface area contributed by atoms with Crippen LogP contribution < -0.4 is 9.80 Å². The van der Waals surface area contributed by atoms with Crippen molar-refractivity contribution in [3.63, 3.8) is 0 Å². The number of benzene rings is 12. The van der Waals surface area contributed by atoms with E-state index in [4.69, 9.17) is 0 Å². The second-order valence-electron chi connectivity index (χ2n) is 21.4. The third-order valence-corrected chi connectivity index (χ3v) is 14.7. The fourth-order valence-electron chi connectivity index (χ4n) is 10.9. The van der Waals surface area contributed by atoms with Gasteiger partial charge in [-0.1, -0.05) is 211 Å². The van der Waals surface area contributed by atoms with E-state index < -0.39 is 0 Å². The monoisotopic (exact) mass is 926 g/mol. The molecule has 0 aliphatic carbocycles. The summed E-state index contributed by atoms with van der Waals surface area (Å²) in [5.74, 6) is 0. The molecule has 0 N–H and O–H groups in total. The van der Waals surface area contributed by atoms with Crippen LogP contribution in [0.3, 0.4) is 0 Å². The third-order valence-electron chi connectivity index (χ3n) is 14.7. The smallest absolute Gasteiger partial charge is 0.0468 e. The summed E-state index contributed by atoms with van der Waals surface area (Å²) < 4.78 is 0. The molecule has 0 atom stereocenters. The lowest BCUT2D eigenvalue weighted by molar-refractivity contribution is 0.590. The van der Waals surface area contributed by atoms with Crippen molar-refractivity contribution in [1.29, 1.82) is 0 Å². The highest BCUT2D eigenvalue weighted by Gasteiger charge is 2.23. The number of rotatable bonds is 8. The number of hydrogen-bond acceptors (Lipinski definition) is 2. The van der Waals surface area contributed by atoms with Crippen LogP contribution in [0.15, 0.2) is 243 Å². The second-order valence-corrected chi connectivity index (χ2v) is 21.4. The standard InChI is InChI=1S/C70H58N2/c1-69(2,3)51-23-17-25-55(43-51)71(53-35-31-49(32-36-53)47-19-9-7-10-20-47)57-39-41-63-65(45-57)59-27-13-15-29-61(59)68-64-42-40-58(46-66(64)60-28-14-16-30-62(60)67(63)68)72(56-26-18-24-52(44-56)70(4,5)6)54-37-33-50(34-38-54)48-21-11-8-12-22-48/h7-46H,1-6H3. The highest BCUT2D eigenvalue weighted by atomic mass is 15.1. The maximum absolute atomic E-state index is 2.43. The summed E-state index contributed by atoms with van der Waals surface area (Å²) in [6.45, 7) is 13.7. The summed E-state index contributed by atoms with van der Waals surface area (Å²) >= 11 is 0. The molecule has 0 heterocycles. The molecule has 0 spiro atoms. The van der Waals surface area contributed by atoms with E-state index in [-0.39, 0.29) is 10.8 Å². The van der Waals surface area contributed by atoms with Gasteiger partial charge in [-0.3, -0.25) is 0 Å². The lowest BCUT2D eigenvalue weighted by Gasteiger charge is -2.29. The van der Waals surface area contributed by atoms with E-state index in [1.807, 2.05) is 0 Å². The molecule has 12 aromatic carbocycles. The van der Waals surface area contributed by atoms with Gasteiger partial charge in [0.1, 0.15) is 0 Å². The molecular formula is C70H58N2. The second kappa shape index (κ2) is 17.7. The molecule has 12 rings (SSSR count). The first kappa shape index (κ1) is 44.7. The van der Waals surface area contributed by atoms with Gasteiger partial charge in [-0.2, -0.15) is 0 Å². The minimum atomic E-state index is -0.00823. The average molecular weight is 927 g/mol. The van der Waals surface area contributed by atoms with Crippen LogP contribution in [0.4, 0.5) is 34.1 Å². The van der Waals surface area contributed by atoms with Crippen LogP contribution in [0, 0.1) is 0 Å². The van der Waals surface area contributed by atoms with Crippen molar-refractivity contribution in [1.82, 2.24) is 0 Å². The highest BCUT2D eigenvalue weighted by molar-refractivity contribution is 6.39. The molecule has 0 saturated carbocycles. The van der Waals surface area contributed by atoms with Crippen molar-refractivity contribution >= 4 is 88.0 Å². The molecule has 0 aliphatic rings. The fourth-order valence-corrected chi connectivity index (χ4v) is 10.9. The normalized spacial score (nSPS) is 12.0. The summed E-state index contributed by atoms with van der Waals surface area (Å²) in [7, 11) is 0. The van der Waals surface area contributed by atoms with Crippen LogP contribution in [0.2, 0.25) is 0 Å². The molecule has 0 saturated heterocycles. The van der Waals surface area contributed by atoms with Crippen LogP contribution >= 0.6 is 0 Å². The first-order valence-electron chi connectivity index (χ1n) is 25.3. The maximum Gasteiger partial charge on any atom is 0.0468 e. The summed E-state index contributed by atoms with van der Waals surface area (Å²) in [5, 5.41) is 12.5. The van der Waals surface area contributed by atoms with Crippen molar-refractivity contribution in [3.05, 3.63) is 254 Å². The summed E-state index contributed by atoms with van der Waals surface area (Å²) in [4.78, 5) is 4.86. The zero-order chi connectivity index (χ0) is 49.1. The first-order valence-corrected chi connectivity index (χ1v) is 25.3. The van der Waals surface area contributed by atoms with E-state index in [1.54, 1.807) is 0 Å². The van der Waals surface area contributed by atoms with Crippen LogP contribution in [-0.4, -0.2) is 0 Å². The molecule has 0 unspecified atom stereocenters. The Hall–Kier alpha value is -8.46. The van der Waals surface area contributed by atoms with Crippen molar-refractivity contribution in [2.24, 2.45) is 0 Å². The summed E-state index contributed by atoms with van der Waals surface area (Å²) in [5.41, 5.74) is 14.1. The molecule has 0 aromatic heterocycles. The molecule has 72 heavy (non-hydrogen) atoms. The Morgan fingerprint density at radius 1 is 0.222 bits per heavy atom. The lowest BCUT2D eigenvalue weighted by atomic mass is 9.86. The Balaban J connectivity index is 1.07. The predicted molar refractivity (Wildman–Crippen MR) is 312 cm³/mol. The van der Waals surface area contributed by atoms with Crippen molar-refractivity contribution in [2.45, 2.75) is 52.4 Å². The topological polar surface area (TPSA) is 6.48 Å². The molecule has 348 valence electrons. The van der Waals surface area contributed by atoms with Gasteiger partial charge in [0.15, 0.2) is 0 Å². The predicted octanol–water partition coefficient (Wildman–Crippen LogP) is 20.3. The van der Waals surface area contributed by atoms with Gasteiger partial charge in [-0.25, -0.2) is 0 Å². The molecule has 2 heteroatoms. The van der Waals surface area contributed by atoms with Crippen LogP contribution in [-0.2, 0) is 10.8 Å². The van der Waals surface area contributed by atoms with Crippen molar-refractivity contribution in [3.8, 4) is 22.3 Å². The van der Waals surface area contributed by atoms with Crippen LogP contribution in [0.1, 0.15) is 52.7 Å². The zero-order valence-electron chi connectivity index (χ0n) is 42.0. The average Bonchev–Trinajstić information content (AvgIpc) is 3.41. The maximum atomic E-state index is 2.43. The first-order chi connectivity index (χ1) is 35.0. The summed E-state index contributed by atoms with van der Waals surface area (Å²) in [6.07, 6.45) is 0. The van der Waals surface area contributed by atoms with E-state index >= 15 is 0 Å². The van der Waals surface area contributed by atoms with Gasteiger partial charge in [0.2, 0.25) is 0 Å². The Labute approximate surface area is 424 Å². The Morgan fingerprint density at radius 2 is 0.528 bits per heavy atom. The molecule has 12 aromatic rings. The van der Waals surface area contributed by atoms with Gasteiger partial charge in [0.25, 0.3) is 0 Å². The Bertz CT molecular complexity index is 3710. The Kier molecular flexibility index (Phi) is 11.0. The quantitative estimate of drug-likeness (QED) is 0.140. The van der Waals surface area contributed by atoms with Crippen LogP contribution in [0.5, 0.6) is 0 Å². The van der Waals surface area contributed by atoms with E-state index in [9.17, 15) is 0 Å². The molecule has 0 amide bonds. The largest absolute Gasteiger partial charge is 0.310 e. The van der Waals surface area contributed by atoms with Crippen molar-refractivity contribution in [2.75, 3.05) is 9.80 Å². The minimum absolute atomic E-state index is 0.00823. The zero-order valence-corrected chi connectivity index (χ0v) is 42.0. The van der Waals surface area contributed by atoms with Gasteiger partial charge < -0.3 is 9.80 Å². The number of hydrogen-bond donors (Lipinski definition) is 0. The molecule has 0 fully saturated rings. The Morgan fingerprint density at radius 3 is 0.903 bits per heavy atom. The molecular weight excluding hydrogens is 869 g/mol. The van der Waals surface area contributed by atoms with Gasteiger partial charge in [-0.15, -0.1) is 0 Å². The molecule has 0 radical (unpaired) electrons. The summed E-state index contributed by atoms with van der Waals surface area (Å²) in [6, 6.07) is 89.9. The minimum Gasteiger partial charge on any atom is -0.310 e. The molecule has 2 nitrogen and oxygen atoms in total. The van der Waals surface area contributed by atoms with Gasteiger partial charge >= 0.3 is 0 Å². The number of anilines is 6. The number of fused-ring (bicyclic) bond motifs is 11. The van der Waals surface area contributed by atoms with Gasteiger partial charge in [0.05, 0.1) is 0 Å². The number of nitrogens with zero attached hydrogens (tertiary/aromatic N) is 2. The SMILES string of the molecule is CC(C)(C)c1cccc(N(c2ccc(-c3ccccc3)cc2)c2ccc3c(c2)c2ccccc2c2c4ccc(N(c5ccc(-c6ccccc6)cc5)c5cccc(C(C)(C)C)c5)cc4c4ccccc4c32)c1. The third kappa shape index (κ3) is 8.04. The highest BCUT2D eigenvalue weighted by Crippen LogP contribution is 2.48. The fraction of sp³-hybridized carbons (Fsp3) is 0.114. The van der Waals surface area contributed by atoms with Gasteiger partial charge in [0, 0.05) is 34.1 Å². The van der Waals surface area contributed by atoms with E-state index in [0.717, 1.165) is 34.1 Å². The van der Waals surface area contributed by atoms with Crippen LogP contribution in [0.25, 0.3) is 76.1 Å². The van der Waals surface area contributed by atoms with E-state index in [0.29, 0.717) is 0 Å². The van der Waals surface area contributed by atoms with Gasteiger partial charge in [-0.05, 0) is 171 Å². The van der Waals surface area contributed by atoms with E-state index in [1.165, 1.54) is 87.2 Å².